The molecule has 5 atom stereocenters. The van der Waals surface area contributed by atoms with Crippen molar-refractivity contribution in [2.75, 3.05) is 13.7 Å². The molecular weight excluding hydrogens is 424 g/mol. The van der Waals surface area contributed by atoms with Crippen LogP contribution in [0.25, 0.3) is 0 Å². The Kier molecular flexibility index (Phi) is 7.25. The first-order chi connectivity index (χ1) is 14.8. The second kappa shape index (κ2) is 9.16. The van der Waals surface area contributed by atoms with Crippen LogP contribution in [-0.4, -0.2) is 74.1 Å². The summed E-state index contributed by atoms with van der Waals surface area (Å²) in [7, 11) is -0.440. The van der Waals surface area contributed by atoms with Gasteiger partial charge >= 0.3 is 0 Å². The summed E-state index contributed by atoms with van der Waals surface area (Å²) in [6.45, 7) is 15.4. The number of aliphatic hydroxyl groups excluding tert-OH is 1. The van der Waals surface area contributed by atoms with Crippen LogP contribution in [-0.2, 0) is 25.2 Å². The van der Waals surface area contributed by atoms with E-state index in [9.17, 15) is 9.90 Å². The van der Waals surface area contributed by atoms with E-state index in [0.29, 0.717) is 13.2 Å². The normalized spacial score (nSPS) is 30.7. The van der Waals surface area contributed by atoms with Gasteiger partial charge in [-0.1, -0.05) is 51.1 Å². The molecule has 0 saturated carbocycles. The maximum atomic E-state index is 13.1. The number of likely N-dealkylation sites (tertiary alicyclic amines) is 1. The molecule has 0 aliphatic carbocycles. The summed E-state index contributed by atoms with van der Waals surface area (Å²) in [5.41, 5.74) is 1.06. The number of benzene rings is 1. The van der Waals surface area contributed by atoms with Crippen LogP contribution >= 0.6 is 0 Å². The Bertz CT molecular complexity index is 795. The zero-order valence-corrected chi connectivity index (χ0v) is 21.7. The lowest BCUT2D eigenvalue weighted by Crippen LogP contribution is -2.69. The van der Waals surface area contributed by atoms with Crippen molar-refractivity contribution in [3.8, 4) is 0 Å². The molecular formula is C24H40N2O5Si. The molecule has 0 unspecified atom stereocenters. The van der Waals surface area contributed by atoms with Crippen LogP contribution in [0.4, 0.5) is 0 Å². The second-order valence-electron chi connectivity index (χ2n) is 10.9. The van der Waals surface area contributed by atoms with E-state index in [1.54, 1.807) is 7.05 Å². The minimum atomic E-state index is -2.07. The van der Waals surface area contributed by atoms with Crippen molar-refractivity contribution in [2.24, 2.45) is 0 Å². The molecule has 0 aromatic heterocycles. The summed E-state index contributed by atoms with van der Waals surface area (Å²) in [6.07, 6.45) is -2.03. The molecule has 0 spiro atoms. The van der Waals surface area contributed by atoms with Crippen LogP contribution in [0.2, 0.25) is 18.1 Å². The van der Waals surface area contributed by atoms with E-state index in [4.69, 9.17) is 13.9 Å². The number of piperidine rings is 1. The Morgan fingerprint density at radius 2 is 1.78 bits per heavy atom. The Labute approximate surface area is 193 Å². The van der Waals surface area contributed by atoms with Gasteiger partial charge < -0.3 is 24.3 Å². The Morgan fingerprint density at radius 1 is 1.19 bits per heavy atom. The standard InChI is InChI=1S/C24H40N2O5Si/c1-23(2,3)32(7,8)29-15-17-19(27)21-20(30-24(4,5)31-21)18(22(28)25-6)26(17)14-16-12-10-9-11-13-16/h9-13,17-21,27H,14-15H2,1-8H3,(H,25,28)/t17-,18+,19-,20-,21+/m1/s1. The molecule has 2 heterocycles. The first kappa shape index (κ1) is 25.3. The third-order valence-electron chi connectivity index (χ3n) is 7.13. The number of rotatable bonds is 6. The summed E-state index contributed by atoms with van der Waals surface area (Å²) >= 11 is 0. The molecule has 2 saturated heterocycles. The Morgan fingerprint density at radius 3 is 2.34 bits per heavy atom. The number of aliphatic hydroxyl groups is 1. The Hall–Kier alpha value is -1.29. The minimum absolute atomic E-state index is 0.0363. The van der Waals surface area contributed by atoms with Crippen LogP contribution in [0.3, 0.4) is 0 Å². The van der Waals surface area contributed by atoms with Crippen molar-refractivity contribution >= 4 is 14.2 Å². The van der Waals surface area contributed by atoms with Gasteiger partial charge in [-0.3, -0.25) is 9.69 Å². The highest BCUT2D eigenvalue weighted by Gasteiger charge is 2.59. The third kappa shape index (κ3) is 5.10. The fourth-order valence-corrected chi connectivity index (χ4v) is 5.32. The van der Waals surface area contributed by atoms with Crippen molar-refractivity contribution in [3.05, 3.63) is 35.9 Å². The van der Waals surface area contributed by atoms with Gasteiger partial charge in [-0.15, -0.1) is 0 Å². The van der Waals surface area contributed by atoms with Gasteiger partial charge in [0.05, 0.1) is 12.6 Å². The first-order valence-corrected chi connectivity index (χ1v) is 14.4. The van der Waals surface area contributed by atoms with E-state index in [-0.39, 0.29) is 10.9 Å². The summed E-state index contributed by atoms with van der Waals surface area (Å²) in [6, 6.07) is 8.96. The molecule has 0 radical (unpaired) electrons. The van der Waals surface area contributed by atoms with E-state index in [2.05, 4.69) is 39.2 Å². The number of carbonyl (C=O) groups excluding carboxylic acids is 1. The largest absolute Gasteiger partial charge is 0.415 e. The van der Waals surface area contributed by atoms with Crippen molar-refractivity contribution < 1.29 is 23.8 Å². The van der Waals surface area contributed by atoms with Gasteiger partial charge in [-0.25, -0.2) is 0 Å². The number of hydrogen-bond donors (Lipinski definition) is 2. The average molecular weight is 465 g/mol. The van der Waals surface area contributed by atoms with Crippen LogP contribution in [0.1, 0.15) is 40.2 Å². The van der Waals surface area contributed by atoms with Gasteiger partial charge in [0.1, 0.15) is 24.4 Å². The van der Waals surface area contributed by atoms with Gasteiger partial charge in [-0.2, -0.15) is 0 Å². The van der Waals surface area contributed by atoms with Crippen molar-refractivity contribution in [3.63, 3.8) is 0 Å². The number of nitrogens with one attached hydrogen (secondary N) is 1. The number of carbonyl (C=O) groups is 1. The zero-order valence-electron chi connectivity index (χ0n) is 20.7. The summed E-state index contributed by atoms with van der Waals surface area (Å²) in [4.78, 5) is 15.2. The van der Waals surface area contributed by atoms with Crippen LogP contribution in [0.15, 0.2) is 30.3 Å². The van der Waals surface area contributed by atoms with E-state index in [1.165, 1.54) is 0 Å². The quantitative estimate of drug-likeness (QED) is 0.630. The molecule has 2 fully saturated rings. The maximum absolute atomic E-state index is 13.1. The van der Waals surface area contributed by atoms with Gasteiger partial charge in [0.25, 0.3) is 0 Å². The summed E-state index contributed by atoms with van der Waals surface area (Å²) in [5, 5.41) is 14.3. The maximum Gasteiger partial charge on any atom is 0.239 e. The van der Waals surface area contributed by atoms with Crippen LogP contribution < -0.4 is 5.32 Å². The van der Waals surface area contributed by atoms with Gasteiger partial charge in [0.15, 0.2) is 14.1 Å². The highest BCUT2D eigenvalue weighted by Crippen LogP contribution is 2.41. The molecule has 1 aromatic rings. The SMILES string of the molecule is CNC(=O)[C@@H]1[C@H]2OC(C)(C)O[C@H]2[C@H](O)[C@@H](CO[Si](C)(C)C(C)(C)C)N1Cc1ccccc1. The van der Waals surface area contributed by atoms with Crippen molar-refractivity contribution in [2.45, 2.75) is 95.5 Å². The number of amides is 1. The fourth-order valence-electron chi connectivity index (χ4n) is 4.30. The molecule has 32 heavy (non-hydrogen) atoms. The monoisotopic (exact) mass is 464 g/mol. The number of likely N-dealkylation sites (N-methyl/N-ethyl adjacent to an activating group) is 1. The highest BCUT2D eigenvalue weighted by atomic mass is 28.4. The Balaban J connectivity index is 1.99. The molecule has 7 nitrogen and oxygen atoms in total. The van der Waals surface area contributed by atoms with Gasteiger partial charge in [0.2, 0.25) is 5.91 Å². The highest BCUT2D eigenvalue weighted by molar-refractivity contribution is 6.74. The molecule has 8 heteroatoms. The summed E-state index contributed by atoms with van der Waals surface area (Å²) < 4.78 is 18.8. The van der Waals surface area contributed by atoms with Crippen molar-refractivity contribution in [1.29, 1.82) is 0 Å². The molecule has 2 aliphatic heterocycles. The predicted octanol–water partition coefficient (Wildman–Crippen LogP) is 2.89. The van der Waals surface area contributed by atoms with E-state index in [1.807, 2.05) is 49.1 Å². The second-order valence-corrected chi connectivity index (χ2v) is 15.7. The van der Waals surface area contributed by atoms with E-state index < -0.39 is 44.5 Å². The first-order valence-electron chi connectivity index (χ1n) is 11.5. The molecule has 0 bridgehead atoms. The van der Waals surface area contributed by atoms with E-state index >= 15 is 0 Å². The lowest BCUT2D eigenvalue weighted by atomic mass is 9.87. The minimum Gasteiger partial charge on any atom is -0.415 e. The number of hydrogen-bond acceptors (Lipinski definition) is 6. The lowest BCUT2D eigenvalue weighted by molar-refractivity contribution is -0.155. The third-order valence-corrected chi connectivity index (χ3v) is 11.6. The van der Waals surface area contributed by atoms with E-state index in [0.717, 1.165) is 5.56 Å². The number of fused-ring (bicyclic) bond motifs is 1. The molecule has 2 N–H and O–H groups in total. The molecule has 2 aliphatic rings. The van der Waals surface area contributed by atoms with Crippen molar-refractivity contribution in [1.82, 2.24) is 10.2 Å². The zero-order chi connectivity index (χ0) is 23.9. The number of ether oxygens (including phenoxy) is 2. The lowest BCUT2D eigenvalue weighted by Gasteiger charge is -2.49. The topological polar surface area (TPSA) is 80.3 Å². The summed E-state index contributed by atoms with van der Waals surface area (Å²) in [5.74, 6) is -1.03. The molecule has 1 amide bonds. The van der Waals surface area contributed by atoms with Gasteiger partial charge in [-0.05, 0) is 37.5 Å². The molecule has 3 rings (SSSR count). The number of nitrogens with zero attached hydrogens (tertiary/aromatic N) is 1. The van der Waals surface area contributed by atoms with Gasteiger partial charge in [0, 0.05) is 13.6 Å². The molecule has 180 valence electrons. The smallest absolute Gasteiger partial charge is 0.239 e. The van der Waals surface area contributed by atoms with Crippen LogP contribution in [0, 0.1) is 0 Å². The van der Waals surface area contributed by atoms with Crippen LogP contribution in [0.5, 0.6) is 0 Å². The predicted molar refractivity (Wildman–Crippen MR) is 127 cm³/mol. The fraction of sp³-hybridized carbons (Fsp3) is 0.708. The average Bonchev–Trinajstić information content (AvgIpc) is 3.02. The molecule has 1 aromatic carbocycles.